The Labute approximate surface area is 170 Å². The van der Waals surface area contributed by atoms with E-state index in [4.69, 9.17) is 14.3 Å². The molecule has 1 fully saturated rings. The average molecular weight is 423 g/mol. The molecule has 0 radical (unpaired) electrons. The van der Waals surface area contributed by atoms with Crippen molar-refractivity contribution < 1.29 is 22.4 Å². The molecule has 1 aliphatic heterocycles. The zero-order valence-electron chi connectivity index (χ0n) is 16.3. The van der Waals surface area contributed by atoms with Crippen LogP contribution in [0.5, 0.6) is 0 Å². The van der Waals surface area contributed by atoms with Crippen molar-refractivity contribution in [3.05, 3.63) is 53.5 Å². The van der Waals surface area contributed by atoms with Gasteiger partial charge in [-0.05, 0) is 36.8 Å². The standard InChI is InChI=1S/C19H26N4O5S/c1-14-2-7-18(28-14)17(23-8-10-27-11-9-23)13-22-19(24)21-12-15-3-5-16(6-4-15)29(20,25)26/h2-7,17H,8-13H2,1H3,(H2,20,25,26)(H2,21,22,24)/t17-/m0/s1. The number of benzene rings is 1. The average Bonchev–Trinajstić information content (AvgIpc) is 3.13. The zero-order valence-corrected chi connectivity index (χ0v) is 17.1. The third-order valence-electron chi connectivity index (χ3n) is 4.74. The Bertz CT molecular complexity index is 920. The van der Waals surface area contributed by atoms with Crippen LogP contribution in [-0.2, 0) is 21.3 Å². The number of rotatable bonds is 7. The number of furan rings is 1. The van der Waals surface area contributed by atoms with Crippen molar-refractivity contribution in [2.24, 2.45) is 5.14 Å². The molecule has 0 bridgehead atoms. The van der Waals surface area contributed by atoms with Gasteiger partial charge in [0.1, 0.15) is 11.5 Å². The number of nitrogens with two attached hydrogens (primary N) is 1. The summed E-state index contributed by atoms with van der Waals surface area (Å²) in [5.41, 5.74) is 0.763. The van der Waals surface area contributed by atoms with Gasteiger partial charge in [-0.1, -0.05) is 12.1 Å². The Morgan fingerprint density at radius 1 is 1.14 bits per heavy atom. The highest BCUT2D eigenvalue weighted by Gasteiger charge is 2.25. The van der Waals surface area contributed by atoms with E-state index in [1.807, 2.05) is 19.1 Å². The van der Waals surface area contributed by atoms with Gasteiger partial charge in [-0.25, -0.2) is 18.4 Å². The number of nitrogens with one attached hydrogen (secondary N) is 2. The van der Waals surface area contributed by atoms with E-state index in [2.05, 4.69) is 15.5 Å². The van der Waals surface area contributed by atoms with Gasteiger partial charge in [-0.15, -0.1) is 0 Å². The minimum Gasteiger partial charge on any atom is -0.465 e. The molecule has 29 heavy (non-hydrogen) atoms. The molecule has 0 unspecified atom stereocenters. The molecule has 1 aromatic carbocycles. The molecule has 4 N–H and O–H groups in total. The third-order valence-corrected chi connectivity index (χ3v) is 5.67. The summed E-state index contributed by atoms with van der Waals surface area (Å²) < 4.78 is 33.8. The first-order valence-corrected chi connectivity index (χ1v) is 10.9. The number of aryl methyl sites for hydroxylation is 1. The van der Waals surface area contributed by atoms with Crippen molar-refractivity contribution in [2.45, 2.75) is 24.4 Å². The van der Waals surface area contributed by atoms with Crippen molar-refractivity contribution in [2.75, 3.05) is 32.8 Å². The van der Waals surface area contributed by atoms with E-state index in [1.54, 1.807) is 12.1 Å². The van der Waals surface area contributed by atoms with Crippen molar-refractivity contribution >= 4 is 16.1 Å². The van der Waals surface area contributed by atoms with Crippen molar-refractivity contribution in [1.29, 1.82) is 0 Å². The first kappa shape index (κ1) is 21.3. The maximum absolute atomic E-state index is 12.3. The number of carbonyl (C=O) groups is 1. The van der Waals surface area contributed by atoms with Crippen LogP contribution in [0.1, 0.15) is 23.1 Å². The summed E-state index contributed by atoms with van der Waals surface area (Å²) in [5, 5.41) is 10.7. The van der Waals surface area contributed by atoms with Gasteiger partial charge >= 0.3 is 6.03 Å². The molecular weight excluding hydrogens is 396 g/mol. The van der Waals surface area contributed by atoms with Gasteiger partial charge in [0.2, 0.25) is 10.0 Å². The fourth-order valence-corrected chi connectivity index (χ4v) is 3.68. The number of sulfonamides is 1. The number of urea groups is 1. The maximum Gasteiger partial charge on any atom is 0.315 e. The molecule has 2 aromatic rings. The van der Waals surface area contributed by atoms with Crippen LogP contribution in [-0.4, -0.2) is 52.2 Å². The lowest BCUT2D eigenvalue weighted by atomic mass is 10.1. The maximum atomic E-state index is 12.3. The molecule has 1 aliphatic rings. The topological polar surface area (TPSA) is 127 Å². The van der Waals surface area contributed by atoms with E-state index in [1.165, 1.54) is 12.1 Å². The lowest BCUT2D eigenvalue weighted by Gasteiger charge is -2.33. The van der Waals surface area contributed by atoms with Gasteiger partial charge in [0.15, 0.2) is 0 Å². The Morgan fingerprint density at radius 3 is 2.41 bits per heavy atom. The summed E-state index contributed by atoms with van der Waals surface area (Å²) in [6, 6.07) is 9.51. The molecule has 0 spiro atoms. The summed E-state index contributed by atoms with van der Waals surface area (Å²) in [4.78, 5) is 14.5. The predicted octanol–water partition coefficient (Wildman–Crippen LogP) is 1.11. The normalized spacial score (nSPS) is 16.3. The lowest BCUT2D eigenvalue weighted by Crippen LogP contribution is -2.45. The van der Waals surface area contributed by atoms with E-state index in [0.717, 1.165) is 30.2 Å². The van der Waals surface area contributed by atoms with Crippen LogP contribution in [0.4, 0.5) is 4.79 Å². The van der Waals surface area contributed by atoms with Crippen molar-refractivity contribution in [3.63, 3.8) is 0 Å². The van der Waals surface area contributed by atoms with Gasteiger partial charge in [0.05, 0.1) is 24.2 Å². The Morgan fingerprint density at radius 2 is 1.83 bits per heavy atom. The van der Waals surface area contributed by atoms with Gasteiger partial charge in [-0.2, -0.15) is 0 Å². The number of carbonyl (C=O) groups excluding carboxylic acids is 1. The molecule has 9 nitrogen and oxygen atoms in total. The number of ether oxygens (including phenoxy) is 1. The fraction of sp³-hybridized carbons (Fsp3) is 0.421. The minimum atomic E-state index is -3.73. The molecule has 10 heteroatoms. The van der Waals surface area contributed by atoms with Crippen LogP contribution in [0.2, 0.25) is 0 Å². The zero-order chi connectivity index (χ0) is 20.9. The summed E-state index contributed by atoms with van der Waals surface area (Å²) >= 11 is 0. The number of hydrogen-bond donors (Lipinski definition) is 3. The first-order valence-electron chi connectivity index (χ1n) is 9.34. The summed E-state index contributed by atoms with van der Waals surface area (Å²) in [6.45, 7) is 5.38. The quantitative estimate of drug-likeness (QED) is 0.613. The van der Waals surface area contributed by atoms with E-state index >= 15 is 0 Å². The van der Waals surface area contributed by atoms with E-state index in [0.29, 0.717) is 19.8 Å². The summed E-state index contributed by atoms with van der Waals surface area (Å²) in [7, 11) is -3.73. The van der Waals surface area contributed by atoms with Crippen LogP contribution in [0.3, 0.4) is 0 Å². The number of nitrogens with zero attached hydrogens (tertiary/aromatic N) is 1. The molecule has 158 valence electrons. The molecule has 1 atom stereocenters. The molecular formula is C19H26N4O5S. The van der Waals surface area contributed by atoms with Crippen LogP contribution >= 0.6 is 0 Å². The SMILES string of the molecule is Cc1ccc([C@H](CNC(=O)NCc2ccc(S(N)(=O)=O)cc2)N2CCOCC2)o1. The van der Waals surface area contributed by atoms with Crippen molar-refractivity contribution in [1.82, 2.24) is 15.5 Å². The summed E-state index contributed by atoms with van der Waals surface area (Å²) in [6.07, 6.45) is 0. The Balaban J connectivity index is 1.54. The number of amides is 2. The molecule has 1 saturated heterocycles. The predicted molar refractivity (Wildman–Crippen MR) is 107 cm³/mol. The first-order chi connectivity index (χ1) is 13.8. The van der Waals surface area contributed by atoms with E-state index in [9.17, 15) is 13.2 Å². The number of primary sulfonamides is 1. The van der Waals surface area contributed by atoms with Gasteiger partial charge in [0, 0.05) is 26.2 Å². The second-order valence-electron chi connectivity index (χ2n) is 6.87. The molecule has 1 aromatic heterocycles. The molecule has 0 aliphatic carbocycles. The van der Waals surface area contributed by atoms with Gasteiger partial charge < -0.3 is 19.8 Å². The monoisotopic (exact) mass is 422 g/mol. The third kappa shape index (κ3) is 6.04. The van der Waals surface area contributed by atoms with Crippen LogP contribution in [0, 0.1) is 6.92 Å². The molecule has 2 heterocycles. The fourth-order valence-electron chi connectivity index (χ4n) is 3.16. The highest BCUT2D eigenvalue weighted by atomic mass is 32.2. The van der Waals surface area contributed by atoms with Crippen LogP contribution in [0.15, 0.2) is 45.7 Å². The summed E-state index contributed by atoms with van der Waals surface area (Å²) in [5.74, 6) is 1.63. The van der Waals surface area contributed by atoms with E-state index in [-0.39, 0.29) is 23.5 Å². The molecule has 0 saturated carbocycles. The second kappa shape index (κ2) is 9.40. The van der Waals surface area contributed by atoms with Crippen molar-refractivity contribution in [3.8, 4) is 0 Å². The Kier molecular flexibility index (Phi) is 6.91. The Hall–Kier alpha value is -2.40. The smallest absolute Gasteiger partial charge is 0.315 e. The van der Waals surface area contributed by atoms with E-state index < -0.39 is 10.0 Å². The highest BCUT2D eigenvalue weighted by Crippen LogP contribution is 2.23. The molecule has 2 amide bonds. The number of hydrogen-bond acceptors (Lipinski definition) is 6. The highest BCUT2D eigenvalue weighted by molar-refractivity contribution is 7.89. The van der Waals surface area contributed by atoms with Gasteiger partial charge in [-0.3, -0.25) is 4.90 Å². The lowest BCUT2D eigenvalue weighted by molar-refractivity contribution is 0.0121. The van der Waals surface area contributed by atoms with Crippen LogP contribution < -0.4 is 15.8 Å². The second-order valence-corrected chi connectivity index (χ2v) is 8.43. The minimum absolute atomic E-state index is 0.0350. The van der Waals surface area contributed by atoms with Gasteiger partial charge in [0.25, 0.3) is 0 Å². The molecule has 3 rings (SSSR count). The largest absolute Gasteiger partial charge is 0.465 e. The number of morpholine rings is 1. The van der Waals surface area contributed by atoms with Crippen LogP contribution in [0.25, 0.3) is 0 Å².